The number of benzene rings is 2. The molecule has 7 heteroatoms. The smallest absolute Gasteiger partial charge is 0.235 e. The standard InChI is InChI=1S/C26H32FN2O2PS/c1-17(2)18-4-6-23-21(14-18)26(25(30)28-23)8-10-29(11-9-26)12-13-31-19-5-7-24(33-3)20(15-19)22(27)16-32/h4-7,14-15,22H,1,8-13,16,32H2,2-3H3,(H,28,30). The Morgan fingerprint density at radius 2 is 2.06 bits per heavy atom. The Bertz CT molecular complexity index is 1050. The number of piperidine rings is 1. The molecular weight excluding hydrogens is 454 g/mol. The molecule has 1 saturated heterocycles. The van der Waals surface area contributed by atoms with Crippen LogP contribution in [0.1, 0.15) is 42.6 Å². The van der Waals surface area contributed by atoms with Gasteiger partial charge in [-0.05, 0) is 86.7 Å². The summed E-state index contributed by atoms with van der Waals surface area (Å²) in [6, 6.07) is 11.8. The molecule has 0 bridgehead atoms. The third-order valence-corrected chi connectivity index (χ3v) is 8.07. The lowest BCUT2D eigenvalue weighted by Crippen LogP contribution is -2.47. The minimum absolute atomic E-state index is 0.114. The van der Waals surface area contributed by atoms with Gasteiger partial charge in [0.05, 0.1) is 5.41 Å². The Morgan fingerprint density at radius 1 is 1.30 bits per heavy atom. The monoisotopic (exact) mass is 486 g/mol. The normalized spacial score (nSPS) is 18.1. The fourth-order valence-corrected chi connectivity index (χ4v) is 5.68. The second kappa shape index (κ2) is 10.2. The second-order valence-electron chi connectivity index (χ2n) is 8.87. The molecule has 2 aromatic rings. The summed E-state index contributed by atoms with van der Waals surface area (Å²) in [5, 5.41) is 3.09. The minimum Gasteiger partial charge on any atom is -0.492 e. The van der Waals surface area contributed by atoms with Crippen molar-refractivity contribution < 1.29 is 13.9 Å². The van der Waals surface area contributed by atoms with Gasteiger partial charge in [-0.25, -0.2) is 4.39 Å². The number of allylic oxidation sites excluding steroid dienone is 1. The number of nitrogens with zero attached hydrogens (tertiary/aromatic N) is 1. The predicted octanol–water partition coefficient (Wildman–Crippen LogP) is 5.69. The first kappa shape index (κ1) is 24.3. The molecule has 0 radical (unpaired) electrons. The van der Waals surface area contributed by atoms with E-state index < -0.39 is 11.6 Å². The van der Waals surface area contributed by atoms with Crippen LogP contribution in [-0.2, 0) is 10.2 Å². The van der Waals surface area contributed by atoms with Crippen LogP contribution in [0.5, 0.6) is 5.75 Å². The fourth-order valence-electron chi connectivity index (χ4n) is 4.80. The van der Waals surface area contributed by atoms with Crippen LogP contribution in [-0.4, -0.2) is 49.5 Å². The SMILES string of the molecule is C=C(C)c1ccc2c(c1)C1(CCN(CCOc3ccc(SC)c(C(F)CP)c3)CC1)C(=O)N2. The number of halogens is 1. The molecular formula is C26H32FN2O2PS. The van der Waals surface area contributed by atoms with E-state index in [9.17, 15) is 9.18 Å². The van der Waals surface area contributed by atoms with Gasteiger partial charge in [0.1, 0.15) is 18.5 Å². The lowest BCUT2D eigenvalue weighted by molar-refractivity contribution is -0.122. The summed E-state index contributed by atoms with van der Waals surface area (Å²) in [6.45, 7) is 9.03. The largest absolute Gasteiger partial charge is 0.492 e. The third-order valence-electron chi connectivity index (χ3n) is 6.84. The summed E-state index contributed by atoms with van der Waals surface area (Å²) in [6.07, 6.45) is 2.90. The Kier molecular flexibility index (Phi) is 7.47. The van der Waals surface area contributed by atoms with Crippen molar-refractivity contribution in [1.29, 1.82) is 0 Å². The number of anilines is 1. The van der Waals surface area contributed by atoms with E-state index in [4.69, 9.17) is 4.74 Å². The number of nitrogens with one attached hydrogen (secondary N) is 1. The van der Waals surface area contributed by atoms with Crippen molar-refractivity contribution in [3.63, 3.8) is 0 Å². The predicted molar refractivity (Wildman–Crippen MR) is 139 cm³/mol. The summed E-state index contributed by atoms with van der Waals surface area (Å²) in [5.41, 5.74) is 4.38. The molecule has 33 heavy (non-hydrogen) atoms. The quantitative estimate of drug-likeness (QED) is 0.384. The molecule has 0 saturated carbocycles. The topological polar surface area (TPSA) is 41.6 Å². The van der Waals surface area contributed by atoms with E-state index in [1.54, 1.807) is 11.8 Å². The lowest BCUT2D eigenvalue weighted by atomic mass is 9.73. The molecule has 2 aliphatic rings. The zero-order valence-electron chi connectivity index (χ0n) is 19.3. The Hall–Kier alpha value is -1.88. The summed E-state index contributed by atoms with van der Waals surface area (Å²) < 4.78 is 20.3. The summed E-state index contributed by atoms with van der Waals surface area (Å²) in [4.78, 5) is 16.2. The van der Waals surface area contributed by atoms with Crippen molar-refractivity contribution in [3.05, 3.63) is 59.7 Å². The highest BCUT2D eigenvalue weighted by Crippen LogP contribution is 2.45. The van der Waals surface area contributed by atoms with Crippen LogP contribution in [0.3, 0.4) is 0 Å². The maximum absolute atomic E-state index is 14.3. The van der Waals surface area contributed by atoms with Gasteiger partial charge in [0.15, 0.2) is 0 Å². The van der Waals surface area contributed by atoms with E-state index in [1.807, 2.05) is 43.5 Å². The zero-order valence-corrected chi connectivity index (χ0v) is 21.3. The highest BCUT2D eigenvalue weighted by molar-refractivity contribution is 7.98. The summed E-state index contributed by atoms with van der Waals surface area (Å²) in [5.74, 6) is 0.817. The van der Waals surface area contributed by atoms with E-state index >= 15 is 0 Å². The van der Waals surface area contributed by atoms with Crippen LogP contribution in [0.15, 0.2) is 47.9 Å². The number of alkyl halides is 1. The molecule has 2 heterocycles. The summed E-state index contributed by atoms with van der Waals surface area (Å²) >= 11 is 1.55. The van der Waals surface area contributed by atoms with E-state index in [1.165, 1.54) is 0 Å². The van der Waals surface area contributed by atoms with Gasteiger partial charge < -0.3 is 10.1 Å². The molecule has 1 N–H and O–H groups in total. The Labute approximate surface area is 202 Å². The molecule has 4 rings (SSSR count). The van der Waals surface area contributed by atoms with Crippen molar-refractivity contribution in [2.75, 3.05) is 44.0 Å². The van der Waals surface area contributed by atoms with Gasteiger partial charge in [-0.15, -0.1) is 21.0 Å². The van der Waals surface area contributed by atoms with Crippen molar-refractivity contribution >= 4 is 38.2 Å². The first-order chi connectivity index (χ1) is 15.9. The molecule has 2 aliphatic heterocycles. The molecule has 2 atom stereocenters. The van der Waals surface area contributed by atoms with Crippen LogP contribution in [0.2, 0.25) is 0 Å². The minimum atomic E-state index is -1.01. The first-order valence-corrected chi connectivity index (χ1v) is 13.4. The molecule has 1 spiro atoms. The highest BCUT2D eigenvalue weighted by Gasteiger charge is 2.48. The molecule has 176 valence electrons. The number of hydrogen-bond acceptors (Lipinski definition) is 4. The molecule has 2 aromatic carbocycles. The van der Waals surface area contributed by atoms with E-state index in [0.29, 0.717) is 24.1 Å². The molecule has 0 aromatic heterocycles. The number of amides is 1. The number of hydrogen-bond donors (Lipinski definition) is 1. The van der Waals surface area contributed by atoms with E-state index in [-0.39, 0.29) is 5.91 Å². The average Bonchev–Trinajstić information content (AvgIpc) is 3.10. The Morgan fingerprint density at radius 3 is 2.73 bits per heavy atom. The van der Waals surface area contributed by atoms with Crippen LogP contribution >= 0.6 is 21.0 Å². The van der Waals surface area contributed by atoms with Gasteiger partial charge in [0.25, 0.3) is 0 Å². The van der Waals surface area contributed by atoms with E-state index in [2.05, 4.69) is 32.1 Å². The fraction of sp³-hybridized carbons (Fsp3) is 0.423. The highest BCUT2D eigenvalue weighted by atomic mass is 32.2. The van der Waals surface area contributed by atoms with Gasteiger partial charge in [0, 0.05) is 22.7 Å². The van der Waals surface area contributed by atoms with Crippen LogP contribution in [0, 0.1) is 0 Å². The number of thioether (sulfide) groups is 1. The van der Waals surface area contributed by atoms with Gasteiger partial charge in [-0.1, -0.05) is 18.2 Å². The number of carbonyl (C=O) groups is 1. The molecule has 0 aliphatic carbocycles. The number of likely N-dealkylation sites (tertiary alicyclic amines) is 1. The number of fused-ring (bicyclic) bond motifs is 2. The second-order valence-corrected chi connectivity index (χ2v) is 10.2. The lowest BCUT2D eigenvalue weighted by Gasteiger charge is -2.38. The van der Waals surface area contributed by atoms with Crippen molar-refractivity contribution in [2.24, 2.45) is 0 Å². The van der Waals surface area contributed by atoms with Crippen molar-refractivity contribution in [3.8, 4) is 5.75 Å². The van der Waals surface area contributed by atoms with Crippen LogP contribution in [0.4, 0.5) is 10.1 Å². The van der Waals surface area contributed by atoms with Gasteiger partial charge in [0.2, 0.25) is 5.91 Å². The van der Waals surface area contributed by atoms with Crippen LogP contribution in [0.25, 0.3) is 5.57 Å². The number of ether oxygens (including phenoxy) is 1. The van der Waals surface area contributed by atoms with Gasteiger partial charge >= 0.3 is 0 Å². The van der Waals surface area contributed by atoms with Crippen LogP contribution < -0.4 is 10.1 Å². The maximum Gasteiger partial charge on any atom is 0.235 e. The molecule has 4 nitrogen and oxygen atoms in total. The molecule has 1 fully saturated rings. The molecule has 1 amide bonds. The molecule has 2 unspecified atom stereocenters. The zero-order chi connectivity index (χ0) is 23.6. The maximum atomic E-state index is 14.3. The van der Waals surface area contributed by atoms with Crippen molar-refractivity contribution in [2.45, 2.75) is 36.2 Å². The Balaban J connectivity index is 1.36. The average molecular weight is 487 g/mol. The van der Waals surface area contributed by atoms with Gasteiger partial charge in [-0.2, -0.15) is 0 Å². The van der Waals surface area contributed by atoms with E-state index in [0.717, 1.165) is 59.8 Å². The summed E-state index contributed by atoms with van der Waals surface area (Å²) in [7, 11) is 2.47. The first-order valence-electron chi connectivity index (χ1n) is 11.4. The van der Waals surface area contributed by atoms with Crippen molar-refractivity contribution in [1.82, 2.24) is 4.90 Å². The number of rotatable bonds is 8. The third kappa shape index (κ3) is 4.84. The number of carbonyl (C=O) groups excluding carboxylic acids is 1. The van der Waals surface area contributed by atoms with Gasteiger partial charge in [-0.3, -0.25) is 9.69 Å².